The molecule has 1 aliphatic rings. The van der Waals surface area contributed by atoms with Crippen molar-refractivity contribution >= 4 is 66.7 Å². The number of amides is 2. The van der Waals surface area contributed by atoms with E-state index in [1.54, 1.807) is 54.6 Å². The Hall–Kier alpha value is -3.57. The van der Waals surface area contributed by atoms with E-state index in [4.69, 9.17) is 27.9 Å². The zero-order chi connectivity index (χ0) is 35.7. The van der Waals surface area contributed by atoms with Crippen molar-refractivity contribution in [3.8, 4) is 5.75 Å². The van der Waals surface area contributed by atoms with Crippen molar-refractivity contribution in [3.63, 3.8) is 0 Å². The molecule has 1 atom stereocenters. The molecule has 4 aromatic carbocycles. The van der Waals surface area contributed by atoms with E-state index in [0.29, 0.717) is 32.4 Å². The third kappa shape index (κ3) is 9.60. The molecule has 0 bridgehead atoms. The van der Waals surface area contributed by atoms with E-state index in [-0.39, 0.29) is 35.5 Å². The summed E-state index contributed by atoms with van der Waals surface area (Å²) in [5.74, 6) is -0.364. The molecule has 1 N–H and O–H groups in total. The van der Waals surface area contributed by atoms with Gasteiger partial charge in [0, 0.05) is 39.1 Å². The predicted octanol–water partition coefficient (Wildman–Crippen LogP) is 8.44. The molecule has 2 amide bonds. The molecule has 1 fully saturated rings. The summed E-state index contributed by atoms with van der Waals surface area (Å²) in [4.78, 5) is 30.5. The zero-order valence-corrected chi connectivity index (χ0v) is 31.6. The van der Waals surface area contributed by atoms with Crippen LogP contribution in [-0.2, 0) is 32.6 Å². The molecule has 0 spiro atoms. The highest BCUT2D eigenvalue weighted by Crippen LogP contribution is 2.30. The second-order valence-electron chi connectivity index (χ2n) is 12.2. The average molecular weight is 802 g/mol. The van der Waals surface area contributed by atoms with E-state index in [9.17, 15) is 18.0 Å². The van der Waals surface area contributed by atoms with Gasteiger partial charge in [-0.15, -0.1) is 0 Å². The molecule has 0 heterocycles. The highest BCUT2D eigenvalue weighted by Gasteiger charge is 2.36. The molecule has 0 saturated heterocycles. The molecule has 50 heavy (non-hydrogen) atoms. The average Bonchev–Trinajstić information content (AvgIpc) is 3.11. The number of nitrogens with zero attached hydrogens (tertiary/aromatic N) is 2. The van der Waals surface area contributed by atoms with Gasteiger partial charge in [0.25, 0.3) is 10.0 Å². The molecule has 0 aliphatic heterocycles. The van der Waals surface area contributed by atoms with E-state index in [2.05, 4.69) is 21.2 Å². The van der Waals surface area contributed by atoms with Gasteiger partial charge in [-0.3, -0.25) is 13.9 Å². The van der Waals surface area contributed by atoms with Gasteiger partial charge in [0.2, 0.25) is 11.8 Å². The fraction of sp³-hybridized carbons (Fsp3) is 0.316. The largest absolute Gasteiger partial charge is 0.494 e. The Morgan fingerprint density at radius 1 is 0.880 bits per heavy atom. The van der Waals surface area contributed by atoms with Crippen molar-refractivity contribution in [2.75, 3.05) is 17.5 Å². The molecular formula is C38H40BrCl2N3O5S. The summed E-state index contributed by atoms with van der Waals surface area (Å²) in [5, 5.41) is 3.86. The highest BCUT2D eigenvalue weighted by molar-refractivity contribution is 9.10. The highest BCUT2D eigenvalue weighted by atomic mass is 79.9. The normalized spacial score (nSPS) is 14.1. The van der Waals surface area contributed by atoms with Crippen LogP contribution in [0.3, 0.4) is 0 Å². The number of carbonyl (C=O) groups is 2. The van der Waals surface area contributed by atoms with Crippen LogP contribution in [0.1, 0.15) is 50.2 Å². The van der Waals surface area contributed by atoms with E-state index >= 15 is 0 Å². The Bertz CT molecular complexity index is 1840. The first-order valence-corrected chi connectivity index (χ1v) is 19.6. The van der Waals surface area contributed by atoms with Crippen LogP contribution in [0.25, 0.3) is 0 Å². The molecule has 8 nitrogen and oxygen atoms in total. The van der Waals surface area contributed by atoms with Crippen molar-refractivity contribution in [1.29, 1.82) is 0 Å². The number of nitrogens with one attached hydrogen (secondary N) is 1. The Labute approximate surface area is 312 Å². The lowest BCUT2D eigenvalue weighted by Gasteiger charge is -2.35. The standard InChI is InChI=1S/C38H40BrCl2N3O5S/c1-2-49-31-20-18-30(19-21-31)44(50(47,48)32-22-16-28(39)17-23-32)26-37(45)43(25-33-34(40)14-9-15-35(33)41)36(24-27-10-5-3-6-11-27)38(46)42-29-12-7-4-8-13-29/h3,5-6,9-11,14-23,29,36H,2,4,7-8,12-13,24-26H2,1H3,(H,42,46)/t36-/m1/s1. The maximum atomic E-state index is 14.8. The summed E-state index contributed by atoms with van der Waals surface area (Å²) >= 11 is 16.7. The fourth-order valence-corrected chi connectivity index (χ4v) is 8.29. The molecule has 0 radical (unpaired) electrons. The number of benzene rings is 4. The van der Waals surface area contributed by atoms with Crippen molar-refractivity contribution in [1.82, 2.24) is 10.2 Å². The van der Waals surface area contributed by atoms with Gasteiger partial charge in [0.1, 0.15) is 18.3 Å². The Kier molecular flexibility index (Phi) is 13.2. The summed E-state index contributed by atoms with van der Waals surface area (Å²) in [6, 6.07) is 26.2. The molecule has 4 aromatic rings. The van der Waals surface area contributed by atoms with Gasteiger partial charge in [-0.05, 0) is 86.0 Å². The Morgan fingerprint density at radius 2 is 1.52 bits per heavy atom. The summed E-state index contributed by atoms with van der Waals surface area (Å²) in [6.07, 6.45) is 5.03. The van der Waals surface area contributed by atoms with E-state index < -0.39 is 28.5 Å². The lowest BCUT2D eigenvalue weighted by Crippen LogP contribution is -2.55. The number of rotatable bonds is 14. The molecule has 12 heteroatoms. The van der Waals surface area contributed by atoms with Crippen LogP contribution < -0.4 is 14.4 Å². The van der Waals surface area contributed by atoms with Gasteiger partial charge in [-0.1, -0.05) is 94.8 Å². The maximum Gasteiger partial charge on any atom is 0.264 e. The minimum atomic E-state index is -4.27. The first kappa shape index (κ1) is 37.7. The number of carbonyl (C=O) groups excluding carboxylic acids is 2. The quantitative estimate of drug-likeness (QED) is 0.138. The van der Waals surface area contributed by atoms with Crippen LogP contribution in [0, 0.1) is 0 Å². The number of hydrogen-bond acceptors (Lipinski definition) is 5. The summed E-state index contributed by atoms with van der Waals surface area (Å²) in [7, 11) is -4.27. The van der Waals surface area contributed by atoms with Gasteiger partial charge in [-0.2, -0.15) is 0 Å². The minimum absolute atomic E-state index is 0.000963. The second kappa shape index (κ2) is 17.6. The van der Waals surface area contributed by atoms with Crippen LogP contribution in [0.4, 0.5) is 5.69 Å². The molecule has 1 saturated carbocycles. The SMILES string of the molecule is CCOc1ccc(N(CC(=O)N(Cc2c(Cl)cccc2Cl)[C@H](Cc2ccccc2)C(=O)NC2CCCCC2)S(=O)(=O)c2ccc(Br)cc2)cc1. The molecule has 0 unspecified atom stereocenters. The molecule has 1 aliphatic carbocycles. The van der Waals surface area contributed by atoms with Gasteiger partial charge in [-0.25, -0.2) is 8.42 Å². The van der Waals surface area contributed by atoms with Crippen molar-refractivity contribution in [2.24, 2.45) is 0 Å². The minimum Gasteiger partial charge on any atom is -0.494 e. The van der Waals surface area contributed by atoms with Crippen LogP contribution in [0.2, 0.25) is 10.0 Å². The topological polar surface area (TPSA) is 96.0 Å². The van der Waals surface area contributed by atoms with Crippen molar-refractivity contribution < 1.29 is 22.7 Å². The third-order valence-electron chi connectivity index (χ3n) is 8.73. The van der Waals surface area contributed by atoms with Gasteiger partial charge < -0.3 is 15.0 Å². The van der Waals surface area contributed by atoms with Crippen molar-refractivity contribution in [3.05, 3.63) is 123 Å². The molecule has 264 valence electrons. The molecule has 5 rings (SSSR count). The monoisotopic (exact) mass is 799 g/mol. The summed E-state index contributed by atoms with van der Waals surface area (Å²) in [5.41, 5.74) is 1.55. The number of hydrogen-bond donors (Lipinski definition) is 1. The smallest absolute Gasteiger partial charge is 0.264 e. The summed E-state index contributed by atoms with van der Waals surface area (Å²) < 4.78 is 36.0. The van der Waals surface area contributed by atoms with Gasteiger partial charge >= 0.3 is 0 Å². The third-order valence-corrected chi connectivity index (χ3v) is 11.8. The number of anilines is 1. The van der Waals surface area contributed by atoms with Crippen molar-refractivity contribution in [2.45, 2.75) is 69.0 Å². The lowest BCUT2D eigenvalue weighted by molar-refractivity contribution is -0.140. The lowest BCUT2D eigenvalue weighted by atomic mass is 9.94. The van der Waals surface area contributed by atoms with Crippen LogP contribution in [0.5, 0.6) is 5.75 Å². The van der Waals surface area contributed by atoms with E-state index in [1.165, 1.54) is 17.0 Å². The Balaban J connectivity index is 1.59. The van der Waals surface area contributed by atoms with Crippen LogP contribution in [-0.4, -0.2) is 50.4 Å². The maximum absolute atomic E-state index is 14.8. The first-order chi connectivity index (χ1) is 24.1. The molecular weight excluding hydrogens is 761 g/mol. The van der Waals surface area contributed by atoms with Crippen LogP contribution >= 0.6 is 39.1 Å². The predicted molar refractivity (Wildman–Crippen MR) is 202 cm³/mol. The number of halogens is 3. The number of sulfonamides is 1. The molecule has 0 aromatic heterocycles. The Morgan fingerprint density at radius 3 is 2.14 bits per heavy atom. The fourth-order valence-electron chi connectivity index (χ4n) is 6.09. The van der Waals surface area contributed by atoms with E-state index in [0.717, 1.165) is 42.0 Å². The number of ether oxygens (including phenoxy) is 1. The van der Waals surface area contributed by atoms with Crippen LogP contribution in [0.15, 0.2) is 106 Å². The van der Waals surface area contributed by atoms with Gasteiger partial charge in [0.15, 0.2) is 0 Å². The van der Waals surface area contributed by atoms with Gasteiger partial charge in [0.05, 0.1) is 17.2 Å². The first-order valence-electron chi connectivity index (χ1n) is 16.6. The van der Waals surface area contributed by atoms with E-state index in [1.807, 2.05) is 37.3 Å². The zero-order valence-electron chi connectivity index (χ0n) is 27.7. The summed E-state index contributed by atoms with van der Waals surface area (Å²) in [6.45, 7) is 1.57. The second-order valence-corrected chi connectivity index (χ2v) is 15.8.